The highest BCUT2D eigenvalue weighted by atomic mass is 19.1. The van der Waals surface area contributed by atoms with Gasteiger partial charge in [0, 0.05) is 77.1 Å². The molecule has 0 unspecified atom stereocenters. The van der Waals surface area contributed by atoms with Crippen LogP contribution in [0.1, 0.15) is 13.8 Å². The molecular weight excluding hydrogens is 350 g/mol. The van der Waals surface area contributed by atoms with Crippen LogP contribution in [0.3, 0.4) is 0 Å². The summed E-state index contributed by atoms with van der Waals surface area (Å²) in [6.07, 6.45) is 0. The van der Waals surface area contributed by atoms with Crippen LogP contribution in [0.25, 0.3) is 0 Å². The average molecular weight is 382 g/mol. The first kappa shape index (κ1) is 20.3. The third-order valence-electron chi connectivity index (χ3n) is 5.62. The molecule has 0 radical (unpaired) electrons. The molecule has 1 aromatic carbocycles. The van der Waals surface area contributed by atoms with Crippen LogP contribution in [-0.2, 0) is 0 Å². The summed E-state index contributed by atoms with van der Waals surface area (Å²) in [6, 6.07) is 3.09. The summed E-state index contributed by atoms with van der Waals surface area (Å²) >= 11 is 0. The molecule has 0 saturated carbocycles. The molecule has 2 fully saturated rings. The summed E-state index contributed by atoms with van der Waals surface area (Å²) < 4.78 is 34.8. The number of rotatable bonds is 6. The maximum absolute atomic E-state index is 14.6. The minimum absolute atomic E-state index is 0.0739. The molecule has 152 valence electrons. The molecule has 0 bridgehead atoms. The van der Waals surface area contributed by atoms with Crippen LogP contribution in [-0.4, -0.2) is 93.3 Å². The van der Waals surface area contributed by atoms with E-state index in [0.717, 1.165) is 45.8 Å². The van der Waals surface area contributed by atoms with E-state index in [1.165, 1.54) is 12.1 Å². The van der Waals surface area contributed by atoms with Crippen molar-refractivity contribution in [1.29, 1.82) is 0 Å². The van der Waals surface area contributed by atoms with Gasteiger partial charge in [0.05, 0.1) is 0 Å². The number of anilines is 1. The fourth-order valence-electron chi connectivity index (χ4n) is 3.75. The van der Waals surface area contributed by atoms with Crippen molar-refractivity contribution in [3.05, 3.63) is 23.8 Å². The smallest absolute Gasteiger partial charge is 0.153 e. The van der Waals surface area contributed by atoms with E-state index in [0.29, 0.717) is 25.7 Å². The van der Waals surface area contributed by atoms with Gasteiger partial charge in [0.2, 0.25) is 0 Å². The highest BCUT2D eigenvalue weighted by Crippen LogP contribution is 2.29. The van der Waals surface area contributed by atoms with E-state index in [2.05, 4.69) is 35.6 Å². The molecule has 0 amide bonds. The number of hydrogen-bond acceptors (Lipinski definition) is 5. The molecule has 2 aliphatic rings. The van der Waals surface area contributed by atoms with Gasteiger partial charge in [0.1, 0.15) is 18.0 Å². The van der Waals surface area contributed by atoms with Crippen molar-refractivity contribution in [2.24, 2.45) is 0 Å². The van der Waals surface area contributed by atoms with Gasteiger partial charge in [-0.2, -0.15) is 0 Å². The number of nitrogens with zero attached hydrogens (tertiary/aromatic N) is 4. The van der Waals surface area contributed by atoms with E-state index < -0.39 is 11.6 Å². The summed E-state index contributed by atoms with van der Waals surface area (Å²) in [5.41, 5.74) is 0.0739. The molecular formula is C20H32F2N4O. The van der Waals surface area contributed by atoms with Crippen molar-refractivity contribution in [3.8, 4) is 5.75 Å². The van der Waals surface area contributed by atoms with Gasteiger partial charge in [-0.3, -0.25) is 9.80 Å². The van der Waals surface area contributed by atoms with Gasteiger partial charge >= 0.3 is 0 Å². The van der Waals surface area contributed by atoms with Crippen LogP contribution in [0.2, 0.25) is 0 Å². The van der Waals surface area contributed by atoms with Crippen LogP contribution in [0.5, 0.6) is 5.75 Å². The quantitative estimate of drug-likeness (QED) is 0.750. The lowest BCUT2D eigenvalue weighted by Gasteiger charge is -2.38. The largest absolute Gasteiger partial charge is 0.492 e. The zero-order chi connectivity index (χ0) is 19.4. The zero-order valence-corrected chi connectivity index (χ0v) is 16.8. The molecule has 0 aliphatic carbocycles. The van der Waals surface area contributed by atoms with Gasteiger partial charge in [-0.05, 0) is 20.9 Å². The van der Waals surface area contributed by atoms with Crippen molar-refractivity contribution in [3.63, 3.8) is 0 Å². The Kier molecular flexibility index (Phi) is 6.89. The molecule has 7 heteroatoms. The number of benzene rings is 1. The zero-order valence-electron chi connectivity index (χ0n) is 16.8. The van der Waals surface area contributed by atoms with E-state index in [-0.39, 0.29) is 11.4 Å². The highest BCUT2D eigenvalue weighted by Gasteiger charge is 2.24. The normalized spacial score (nSPS) is 20.4. The second kappa shape index (κ2) is 9.17. The third kappa shape index (κ3) is 5.30. The number of ether oxygens (including phenoxy) is 1. The Morgan fingerprint density at radius 1 is 0.926 bits per heavy atom. The van der Waals surface area contributed by atoms with Gasteiger partial charge in [0.25, 0.3) is 0 Å². The van der Waals surface area contributed by atoms with Crippen molar-refractivity contribution < 1.29 is 13.5 Å². The minimum atomic E-state index is -0.539. The maximum Gasteiger partial charge on any atom is 0.153 e. The van der Waals surface area contributed by atoms with Crippen LogP contribution in [0, 0.1) is 11.6 Å². The Bertz CT molecular complexity index is 589. The Balaban J connectivity index is 1.54. The summed E-state index contributed by atoms with van der Waals surface area (Å²) in [6.45, 7) is 12.5. The Hall–Kier alpha value is -1.44. The van der Waals surface area contributed by atoms with E-state index in [1.807, 2.05) is 0 Å². The van der Waals surface area contributed by atoms with Crippen molar-refractivity contribution >= 4 is 5.69 Å². The predicted octanol–water partition coefficient (Wildman–Crippen LogP) is 2.12. The predicted molar refractivity (Wildman–Crippen MR) is 105 cm³/mol. The maximum atomic E-state index is 14.6. The molecule has 0 aromatic heterocycles. The van der Waals surface area contributed by atoms with Gasteiger partial charge < -0.3 is 14.5 Å². The second-order valence-electron chi connectivity index (χ2n) is 7.85. The first-order chi connectivity index (χ1) is 12.9. The molecule has 0 atom stereocenters. The van der Waals surface area contributed by atoms with Crippen LogP contribution in [0.15, 0.2) is 12.1 Å². The fraction of sp³-hybridized carbons (Fsp3) is 0.700. The van der Waals surface area contributed by atoms with Crippen molar-refractivity contribution in [1.82, 2.24) is 14.7 Å². The Morgan fingerprint density at radius 3 is 2.07 bits per heavy atom. The monoisotopic (exact) mass is 382 g/mol. The van der Waals surface area contributed by atoms with Gasteiger partial charge in [0.15, 0.2) is 11.6 Å². The molecule has 2 heterocycles. The first-order valence-corrected chi connectivity index (χ1v) is 9.96. The molecule has 1 aromatic rings. The lowest BCUT2D eigenvalue weighted by atomic mass is 10.2. The number of likely N-dealkylation sites (N-methyl/N-ethyl adjacent to an activating group) is 1. The molecule has 2 saturated heterocycles. The van der Waals surface area contributed by atoms with E-state index in [4.69, 9.17) is 4.74 Å². The fourth-order valence-corrected chi connectivity index (χ4v) is 3.75. The van der Waals surface area contributed by atoms with Crippen molar-refractivity contribution in [2.45, 2.75) is 19.9 Å². The number of piperazine rings is 2. The van der Waals surface area contributed by atoms with E-state index in [9.17, 15) is 8.78 Å². The lowest BCUT2D eigenvalue weighted by Crippen LogP contribution is -2.49. The molecule has 27 heavy (non-hydrogen) atoms. The SMILES string of the molecule is CC(C)N1CCN(c2c(F)cc(OCCN3CCN(C)CC3)cc2F)CC1. The Labute approximate surface area is 161 Å². The number of hydrogen-bond donors (Lipinski definition) is 0. The average Bonchev–Trinajstić information content (AvgIpc) is 2.63. The van der Waals surface area contributed by atoms with E-state index >= 15 is 0 Å². The lowest BCUT2D eigenvalue weighted by molar-refractivity contribution is 0.133. The summed E-state index contributed by atoms with van der Waals surface area (Å²) in [4.78, 5) is 8.73. The van der Waals surface area contributed by atoms with Crippen molar-refractivity contribution in [2.75, 3.05) is 77.5 Å². The Morgan fingerprint density at radius 2 is 1.52 bits per heavy atom. The summed E-state index contributed by atoms with van der Waals surface area (Å²) in [5.74, 6) is -0.811. The number of halogens is 2. The van der Waals surface area contributed by atoms with Gasteiger partial charge in [-0.1, -0.05) is 0 Å². The molecule has 0 spiro atoms. The van der Waals surface area contributed by atoms with E-state index in [1.54, 1.807) is 4.90 Å². The van der Waals surface area contributed by atoms with Crippen LogP contribution >= 0.6 is 0 Å². The first-order valence-electron chi connectivity index (χ1n) is 9.96. The summed E-state index contributed by atoms with van der Waals surface area (Å²) in [5, 5.41) is 0. The topological polar surface area (TPSA) is 22.2 Å². The van der Waals surface area contributed by atoms with Crippen LogP contribution in [0.4, 0.5) is 14.5 Å². The molecule has 0 N–H and O–H groups in total. The highest BCUT2D eigenvalue weighted by molar-refractivity contribution is 5.52. The van der Waals surface area contributed by atoms with Gasteiger partial charge in [-0.15, -0.1) is 0 Å². The summed E-state index contributed by atoms with van der Waals surface area (Å²) in [7, 11) is 2.11. The minimum Gasteiger partial charge on any atom is -0.492 e. The molecule has 2 aliphatic heterocycles. The molecule has 5 nitrogen and oxygen atoms in total. The standard InChI is InChI=1S/C20H32F2N4O/c1-16(2)25-8-10-26(11-9-25)20-18(21)14-17(15-19(20)22)27-13-12-24-6-4-23(3)5-7-24/h14-16H,4-13H2,1-3H3. The van der Waals surface area contributed by atoms with Crippen LogP contribution < -0.4 is 9.64 Å². The third-order valence-corrected chi connectivity index (χ3v) is 5.62. The second-order valence-corrected chi connectivity index (χ2v) is 7.85. The molecule has 3 rings (SSSR count). The van der Waals surface area contributed by atoms with Gasteiger partial charge in [-0.25, -0.2) is 8.78 Å².